The monoisotopic (exact) mass is 582 g/mol. The number of hydrogen-bond donors (Lipinski definition) is 0. The third kappa shape index (κ3) is 3.33. The van der Waals surface area contributed by atoms with Gasteiger partial charge in [0.1, 0.15) is 5.82 Å². The van der Waals surface area contributed by atoms with Crippen LogP contribution in [0.4, 0.5) is 4.39 Å². The molecule has 0 aromatic heterocycles. The lowest BCUT2D eigenvalue weighted by molar-refractivity contribution is -0.156. The van der Waals surface area contributed by atoms with Crippen molar-refractivity contribution in [2.24, 2.45) is 23.7 Å². The van der Waals surface area contributed by atoms with E-state index in [9.17, 15) is 18.8 Å². The normalized spacial score (nSPS) is 30.7. The minimum absolute atomic E-state index is 0.0109. The molecular formula is C23H18Br2ClFN2O3. The summed E-state index contributed by atoms with van der Waals surface area (Å²) >= 11 is 13.3. The average molecular weight is 585 g/mol. The standard InChI is InChI=1S/C23H18Br2ClFN2O3/c24-19-14-9-15(20(19)25)18-17(14)22(31)29(23(18)32)28(10-12-3-1-2-4-16(12)27)21(30)11-5-7-13(26)8-6-11/h1-8,14-15,17-20H,9-10H2/t14-,15-,17-,18+,19-,20+/m1/s1. The van der Waals surface area contributed by atoms with Crippen molar-refractivity contribution in [2.75, 3.05) is 0 Å². The molecule has 1 aliphatic heterocycles. The number of amides is 3. The van der Waals surface area contributed by atoms with E-state index in [4.69, 9.17) is 11.6 Å². The largest absolute Gasteiger partial charge is 0.273 e. The van der Waals surface area contributed by atoms with Crippen molar-refractivity contribution in [1.29, 1.82) is 0 Å². The molecular weight excluding hydrogens is 567 g/mol. The maximum absolute atomic E-state index is 14.5. The Morgan fingerprint density at radius 2 is 1.56 bits per heavy atom. The minimum atomic E-state index is -0.565. The molecule has 2 aliphatic carbocycles. The lowest BCUT2D eigenvalue weighted by atomic mass is 9.81. The van der Waals surface area contributed by atoms with Gasteiger partial charge >= 0.3 is 0 Å². The zero-order valence-electron chi connectivity index (χ0n) is 16.6. The summed E-state index contributed by atoms with van der Waals surface area (Å²) in [5.74, 6) is -2.80. The zero-order valence-corrected chi connectivity index (χ0v) is 20.6. The van der Waals surface area contributed by atoms with E-state index in [2.05, 4.69) is 31.9 Å². The molecule has 2 aromatic rings. The molecule has 0 radical (unpaired) electrons. The van der Waals surface area contributed by atoms with Gasteiger partial charge in [-0.3, -0.25) is 14.4 Å². The van der Waals surface area contributed by atoms with Gasteiger partial charge < -0.3 is 0 Å². The third-order valence-corrected chi connectivity index (χ3v) is 10.3. The lowest BCUT2D eigenvalue weighted by Gasteiger charge is -2.31. The van der Waals surface area contributed by atoms with Crippen LogP contribution in [0.5, 0.6) is 0 Å². The summed E-state index contributed by atoms with van der Waals surface area (Å²) in [7, 11) is 0. The van der Waals surface area contributed by atoms with Crippen LogP contribution >= 0.6 is 43.5 Å². The number of carbonyl (C=O) groups excluding carboxylic acids is 3. The number of imide groups is 1. The van der Waals surface area contributed by atoms with Crippen molar-refractivity contribution in [2.45, 2.75) is 22.6 Å². The first-order valence-corrected chi connectivity index (χ1v) is 12.5. The predicted octanol–water partition coefficient (Wildman–Crippen LogP) is 4.81. The SMILES string of the molecule is O=C(c1ccc(Cl)cc1)N(Cc1ccccc1F)N1C(=O)[C@@H]2[C@H]3C[C@@H]([C@H](Br)[C@@H]3Br)[C@@H]2C1=O. The molecule has 1 saturated heterocycles. The first kappa shape index (κ1) is 22.0. The summed E-state index contributed by atoms with van der Waals surface area (Å²) < 4.78 is 14.5. The van der Waals surface area contributed by atoms with Crippen LogP contribution in [-0.2, 0) is 16.1 Å². The molecule has 166 valence electrons. The Morgan fingerprint density at radius 1 is 1.00 bits per heavy atom. The highest BCUT2D eigenvalue weighted by atomic mass is 79.9. The maximum Gasteiger partial charge on any atom is 0.273 e. The Hall–Kier alpha value is -1.77. The molecule has 0 spiro atoms. The molecule has 32 heavy (non-hydrogen) atoms. The summed E-state index contributed by atoms with van der Waals surface area (Å²) in [5.41, 5.74) is 0.468. The van der Waals surface area contributed by atoms with Gasteiger partial charge in [0.15, 0.2) is 0 Å². The second-order valence-electron chi connectivity index (χ2n) is 8.45. The van der Waals surface area contributed by atoms with E-state index in [1.165, 1.54) is 24.3 Å². The lowest BCUT2D eigenvalue weighted by Crippen LogP contribution is -2.50. The van der Waals surface area contributed by atoms with Crippen molar-refractivity contribution in [1.82, 2.24) is 10.0 Å². The number of hydrogen-bond acceptors (Lipinski definition) is 3. The zero-order chi connectivity index (χ0) is 22.7. The summed E-state index contributed by atoms with van der Waals surface area (Å²) in [6.07, 6.45) is 0.783. The molecule has 5 rings (SSSR count). The van der Waals surface area contributed by atoms with Crippen LogP contribution in [0.1, 0.15) is 22.3 Å². The number of nitrogens with zero attached hydrogens (tertiary/aromatic N) is 2. The van der Waals surface area contributed by atoms with Gasteiger partial charge in [-0.2, -0.15) is 5.01 Å². The molecule has 2 bridgehead atoms. The average Bonchev–Trinajstić information content (AvgIpc) is 3.39. The molecule has 0 unspecified atom stereocenters. The number of halogens is 4. The second kappa shape index (κ2) is 8.22. The third-order valence-electron chi connectivity index (χ3n) is 6.81. The van der Waals surface area contributed by atoms with Crippen molar-refractivity contribution >= 4 is 61.2 Å². The van der Waals surface area contributed by atoms with E-state index in [1.807, 2.05) is 0 Å². The van der Waals surface area contributed by atoms with Crippen LogP contribution in [0.15, 0.2) is 48.5 Å². The molecule has 3 fully saturated rings. The number of hydrazine groups is 1. The summed E-state index contributed by atoms with van der Waals surface area (Å²) in [4.78, 5) is 40.6. The Morgan fingerprint density at radius 3 is 2.12 bits per heavy atom. The smallest absolute Gasteiger partial charge is 0.272 e. The van der Waals surface area contributed by atoms with E-state index >= 15 is 0 Å². The first-order chi connectivity index (χ1) is 15.3. The number of benzene rings is 2. The Bertz CT molecular complexity index is 1080. The van der Waals surface area contributed by atoms with Crippen LogP contribution < -0.4 is 0 Å². The molecule has 6 atom stereocenters. The molecule has 2 aromatic carbocycles. The highest BCUT2D eigenvalue weighted by Crippen LogP contribution is 2.60. The van der Waals surface area contributed by atoms with Gasteiger partial charge in [-0.1, -0.05) is 61.7 Å². The summed E-state index contributed by atoms with van der Waals surface area (Å²) in [6, 6.07) is 12.2. The van der Waals surface area contributed by atoms with E-state index < -0.39 is 35.4 Å². The van der Waals surface area contributed by atoms with Crippen molar-refractivity contribution in [3.63, 3.8) is 0 Å². The van der Waals surface area contributed by atoms with Gasteiger partial charge in [-0.05, 0) is 48.6 Å². The Kier molecular flexibility index (Phi) is 5.66. The summed E-state index contributed by atoms with van der Waals surface area (Å²) in [6.45, 7) is -0.240. The van der Waals surface area contributed by atoms with Crippen molar-refractivity contribution in [3.05, 3.63) is 70.5 Å². The second-order valence-corrected chi connectivity index (χ2v) is 11.0. The minimum Gasteiger partial charge on any atom is -0.272 e. The molecule has 0 N–H and O–H groups in total. The van der Waals surface area contributed by atoms with Gasteiger partial charge in [0, 0.05) is 25.8 Å². The van der Waals surface area contributed by atoms with Gasteiger partial charge in [0.2, 0.25) is 0 Å². The van der Waals surface area contributed by atoms with E-state index in [-0.39, 0.29) is 39.2 Å². The van der Waals surface area contributed by atoms with Crippen LogP contribution in [0.2, 0.25) is 5.02 Å². The van der Waals surface area contributed by atoms with Crippen LogP contribution in [0, 0.1) is 29.5 Å². The first-order valence-electron chi connectivity index (χ1n) is 10.3. The van der Waals surface area contributed by atoms with E-state index in [1.54, 1.807) is 24.3 Å². The fraction of sp³-hybridized carbons (Fsp3) is 0.348. The van der Waals surface area contributed by atoms with Crippen LogP contribution in [-0.4, -0.2) is 37.4 Å². The van der Waals surface area contributed by atoms with Crippen molar-refractivity contribution in [3.8, 4) is 0 Å². The fourth-order valence-electron chi connectivity index (χ4n) is 5.33. The maximum atomic E-state index is 14.5. The number of rotatable bonds is 4. The predicted molar refractivity (Wildman–Crippen MR) is 124 cm³/mol. The van der Waals surface area contributed by atoms with Gasteiger partial charge in [0.05, 0.1) is 18.4 Å². The van der Waals surface area contributed by atoms with Gasteiger partial charge in [-0.15, -0.1) is 0 Å². The molecule has 1 heterocycles. The highest BCUT2D eigenvalue weighted by molar-refractivity contribution is 9.12. The van der Waals surface area contributed by atoms with Crippen molar-refractivity contribution < 1.29 is 18.8 Å². The van der Waals surface area contributed by atoms with E-state index in [0.29, 0.717) is 5.02 Å². The number of alkyl halides is 2. The Labute approximate surface area is 206 Å². The number of carbonyl (C=O) groups is 3. The number of fused-ring (bicyclic) bond motifs is 5. The molecule has 5 nitrogen and oxygen atoms in total. The van der Waals surface area contributed by atoms with Crippen LogP contribution in [0.25, 0.3) is 0 Å². The quantitative estimate of drug-likeness (QED) is 0.383. The fourth-order valence-corrected chi connectivity index (χ4v) is 7.33. The van der Waals surface area contributed by atoms with Gasteiger partial charge in [0.25, 0.3) is 17.7 Å². The van der Waals surface area contributed by atoms with Gasteiger partial charge in [-0.25, -0.2) is 9.40 Å². The molecule has 3 amide bonds. The molecule has 3 aliphatic rings. The molecule has 2 saturated carbocycles. The molecule has 9 heteroatoms. The highest BCUT2D eigenvalue weighted by Gasteiger charge is 2.67. The topological polar surface area (TPSA) is 57.7 Å². The summed E-state index contributed by atoms with van der Waals surface area (Å²) in [5, 5.41) is 2.49. The Balaban J connectivity index is 1.54. The van der Waals surface area contributed by atoms with Crippen LogP contribution in [0.3, 0.4) is 0 Å². The van der Waals surface area contributed by atoms with E-state index in [0.717, 1.165) is 16.4 Å².